The van der Waals surface area contributed by atoms with Crippen LogP contribution in [0.4, 0.5) is 8.78 Å². The first-order chi connectivity index (χ1) is 5.15. The van der Waals surface area contributed by atoms with Crippen molar-refractivity contribution in [3.05, 3.63) is 36.4 Å². The first-order valence-corrected chi connectivity index (χ1v) is 3.03. The highest BCUT2D eigenvalue weighted by molar-refractivity contribution is 5.33. The summed E-state index contributed by atoms with van der Waals surface area (Å²) in [6.07, 6.45) is 0. The summed E-state index contributed by atoms with van der Waals surface area (Å²) >= 11 is 0. The average molecular weight is 157 g/mol. The van der Waals surface area contributed by atoms with E-state index in [-0.39, 0.29) is 5.75 Å². The van der Waals surface area contributed by atoms with Crippen molar-refractivity contribution in [1.29, 1.82) is 0 Å². The van der Waals surface area contributed by atoms with E-state index in [2.05, 4.69) is 11.8 Å². The molecule has 11 heavy (non-hydrogen) atoms. The van der Waals surface area contributed by atoms with Crippen molar-refractivity contribution in [3.8, 4) is 5.75 Å². The second-order valence-corrected chi connectivity index (χ2v) is 2.18. The van der Waals surface area contributed by atoms with Gasteiger partial charge in [-0.3, -0.25) is 0 Å². The molecule has 0 fully saturated rings. The largest absolute Gasteiger partial charge is 0.490 e. The van der Waals surface area contributed by atoms with E-state index in [4.69, 9.17) is 0 Å². The van der Waals surface area contributed by atoms with Gasteiger partial charge < -0.3 is 4.74 Å². The van der Waals surface area contributed by atoms with Crippen LogP contribution in [-0.4, -0.2) is 0 Å². The van der Waals surface area contributed by atoms with Crippen LogP contribution in [0.25, 0.3) is 0 Å². The minimum Gasteiger partial charge on any atom is -0.490 e. The third-order valence-corrected chi connectivity index (χ3v) is 1.37. The Morgan fingerprint density at radius 3 is 2.36 bits per heavy atom. The average Bonchev–Trinajstić information content (AvgIpc) is 1.97. The predicted molar refractivity (Wildman–Crippen MR) is 37.1 cm³/mol. The van der Waals surface area contributed by atoms with Gasteiger partial charge in [0.2, 0.25) is 0 Å². The van der Waals surface area contributed by atoms with Crippen LogP contribution in [0.1, 0.15) is 5.56 Å². The van der Waals surface area contributed by atoms with Gasteiger partial charge in [0.05, 0.1) is 0 Å². The zero-order chi connectivity index (χ0) is 8.43. The van der Waals surface area contributed by atoms with Crippen molar-refractivity contribution in [2.45, 2.75) is 6.92 Å². The van der Waals surface area contributed by atoms with Crippen molar-refractivity contribution in [1.82, 2.24) is 0 Å². The fourth-order valence-corrected chi connectivity index (χ4v) is 0.784. The molecule has 1 aromatic rings. The molecule has 0 heterocycles. The molecule has 0 amide bonds. The van der Waals surface area contributed by atoms with Crippen LogP contribution in [0.15, 0.2) is 12.1 Å². The van der Waals surface area contributed by atoms with Crippen LogP contribution >= 0.6 is 0 Å². The molecule has 0 atom stereocenters. The van der Waals surface area contributed by atoms with E-state index >= 15 is 0 Å². The SMILES string of the molecule is [CH2]Oc1cc(F)c(F)cc1C. The van der Waals surface area contributed by atoms with E-state index in [1.807, 2.05) is 0 Å². The summed E-state index contributed by atoms with van der Waals surface area (Å²) in [7, 11) is 3.10. The van der Waals surface area contributed by atoms with Crippen LogP contribution < -0.4 is 4.74 Å². The highest BCUT2D eigenvalue weighted by Crippen LogP contribution is 2.20. The molecule has 0 bridgehead atoms. The Balaban J connectivity index is 3.21. The summed E-state index contributed by atoms with van der Waals surface area (Å²) in [5.74, 6) is -1.54. The lowest BCUT2D eigenvalue weighted by atomic mass is 10.2. The molecule has 0 saturated carbocycles. The molecular weight excluding hydrogens is 150 g/mol. The molecule has 0 saturated heterocycles. The Kier molecular flexibility index (Phi) is 2.08. The molecule has 1 rings (SSSR count). The Labute approximate surface area is 63.6 Å². The first-order valence-electron chi connectivity index (χ1n) is 3.03. The smallest absolute Gasteiger partial charge is 0.162 e. The van der Waals surface area contributed by atoms with Crippen LogP contribution in [0.3, 0.4) is 0 Å². The van der Waals surface area contributed by atoms with Crippen LogP contribution in [0.2, 0.25) is 0 Å². The number of ether oxygens (including phenoxy) is 1. The first kappa shape index (κ1) is 7.98. The van der Waals surface area contributed by atoms with E-state index < -0.39 is 11.6 Å². The van der Waals surface area contributed by atoms with Crippen molar-refractivity contribution >= 4 is 0 Å². The Bertz CT molecular complexity index is 271. The number of aryl methyl sites for hydroxylation is 1. The minimum absolute atomic E-state index is 0.254. The topological polar surface area (TPSA) is 9.23 Å². The zero-order valence-corrected chi connectivity index (χ0v) is 6.03. The van der Waals surface area contributed by atoms with Gasteiger partial charge in [0, 0.05) is 6.07 Å². The third kappa shape index (κ3) is 1.48. The standard InChI is InChI=1S/C8H7F2O/c1-5-3-6(9)7(10)4-8(5)11-2/h3-4H,2H2,1H3. The fourth-order valence-electron chi connectivity index (χ4n) is 0.784. The van der Waals surface area contributed by atoms with Gasteiger partial charge in [0.25, 0.3) is 0 Å². The molecule has 3 heteroatoms. The normalized spacial score (nSPS) is 9.82. The van der Waals surface area contributed by atoms with Crippen molar-refractivity contribution in [2.24, 2.45) is 0 Å². The second kappa shape index (κ2) is 2.86. The molecule has 1 nitrogen and oxygen atoms in total. The van der Waals surface area contributed by atoms with Gasteiger partial charge in [0.15, 0.2) is 11.6 Å². The van der Waals surface area contributed by atoms with E-state index in [1.165, 1.54) is 0 Å². The number of hydrogen-bond donors (Lipinski definition) is 0. The molecular formula is C8H7F2O. The zero-order valence-electron chi connectivity index (χ0n) is 6.03. The van der Waals surface area contributed by atoms with Gasteiger partial charge in [0.1, 0.15) is 12.9 Å². The highest BCUT2D eigenvalue weighted by atomic mass is 19.2. The lowest BCUT2D eigenvalue weighted by molar-refractivity contribution is 0.450. The minimum atomic E-state index is -0.922. The van der Waals surface area contributed by atoms with E-state index in [0.29, 0.717) is 5.56 Å². The summed E-state index contributed by atoms with van der Waals surface area (Å²) in [4.78, 5) is 0. The number of benzene rings is 1. The number of hydrogen-bond acceptors (Lipinski definition) is 1. The van der Waals surface area contributed by atoms with Crippen LogP contribution in [0, 0.1) is 25.7 Å². The summed E-state index contributed by atoms with van der Waals surface area (Å²) < 4.78 is 29.4. The summed E-state index contributed by atoms with van der Waals surface area (Å²) in [5.41, 5.74) is 0.527. The summed E-state index contributed by atoms with van der Waals surface area (Å²) in [5, 5.41) is 0. The quantitative estimate of drug-likeness (QED) is 0.608. The molecule has 59 valence electrons. The Morgan fingerprint density at radius 2 is 1.82 bits per heavy atom. The second-order valence-electron chi connectivity index (χ2n) is 2.18. The van der Waals surface area contributed by atoms with Gasteiger partial charge in [-0.1, -0.05) is 0 Å². The number of halogens is 2. The summed E-state index contributed by atoms with van der Waals surface area (Å²) in [6.45, 7) is 1.61. The van der Waals surface area contributed by atoms with Crippen molar-refractivity contribution in [2.75, 3.05) is 0 Å². The van der Waals surface area contributed by atoms with Crippen LogP contribution in [0.5, 0.6) is 5.75 Å². The van der Waals surface area contributed by atoms with Gasteiger partial charge in [-0.2, -0.15) is 0 Å². The fraction of sp³-hybridized carbons (Fsp3) is 0.125. The Morgan fingerprint density at radius 1 is 1.27 bits per heavy atom. The molecule has 0 unspecified atom stereocenters. The summed E-state index contributed by atoms with van der Waals surface area (Å²) in [6, 6.07) is 2.04. The van der Waals surface area contributed by atoms with Gasteiger partial charge in [-0.05, 0) is 18.6 Å². The molecule has 1 aromatic carbocycles. The number of rotatable bonds is 1. The maximum absolute atomic E-state index is 12.5. The molecule has 0 aromatic heterocycles. The third-order valence-electron chi connectivity index (χ3n) is 1.37. The lowest BCUT2D eigenvalue weighted by Crippen LogP contribution is -1.89. The monoisotopic (exact) mass is 157 g/mol. The lowest BCUT2D eigenvalue weighted by Gasteiger charge is -2.03. The van der Waals surface area contributed by atoms with E-state index in [0.717, 1.165) is 12.1 Å². The van der Waals surface area contributed by atoms with Crippen molar-refractivity contribution in [3.63, 3.8) is 0 Å². The van der Waals surface area contributed by atoms with E-state index in [1.54, 1.807) is 6.92 Å². The maximum atomic E-state index is 12.5. The van der Waals surface area contributed by atoms with Gasteiger partial charge in [-0.25, -0.2) is 8.78 Å². The molecule has 0 N–H and O–H groups in total. The molecule has 1 radical (unpaired) electrons. The molecule has 0 aliphatic rings. The van der Waals surface area contributed by atoms with Crippen LogP contribution in [-0.2, 0) is 0 Å². The molecule has 0 aliphatic heterocycles. The predicted octanol–water partition coefficient (Wildman–Crippen LogP) is 2.44. The van der Waals surface area contributed by atoms with E-state index in [9.17, 15) is 8.78 Å². The van der Waals surface area contributed by atoms with Gasteiger partial charge in [-0.15, -0.1) is 0 Å². The Hall–Kier alpha value is -1.12. The highest BCUT2D eigenvalue weighted by Gasteiger charge is 2.05. The molecule has 0 spiro atoms. The molecule has 0 aliphatic carbocycles. The van der Waals surface area contributed by atoms with Crippen molar-refractivity contribution < 1.29 is 13.5 Å². The van der Waals surface area contributed by atoms with Gasteiger partial charge >= 0.3 is 0 Å². The maximum Gasteiger partial charge on any atom is 0.162 e.